The number of nitrogens with zero attached hydrogens (tertiary/aromatic N) is 1. The molecule has 0 unspecified atom stereocenters. The van der Waals surface area contributed by atoms with Gasteiger partial charge in [0.2, 0.25) is 0 Å². The summed E-state index contributed by atoms with van der Waals surface area (Å²) in [5, 5.41) is 8.87. The van der Waals surface area contributed by atoms with E-state index in [-0.39, 0.29) is 16.8 Å². The highest BCUT2D eigenvalue weighted by Gasteiger charge is 2.12. The van der Waals surface area contributed by atoms with Crippen molar-refractivity contribution in [2.24, 2.45) is 0 Å². The molecule has 0 atom stereocenters. The fraction of sp³-hybridized carbons (Fsp3) is 0.0769. The normalized spacial score (nSPS) is 10.4. The second-order valence-corrected chi connectivity index (χ2v) is 3.81. The van der Waals surface area contributed by atoms with Gasteiger partial charge in [-0.3, -0.25) is 0 Å². The van der Waals surface area contributed by atoms with E-state index in [1.54, 1.807) is 6.92 Å². The van der Waals surface area contributed by atoms with Gasteiger partial charge in [0.25, 0.3) is 0 Å². The summed E-state index contributed by atoms with van der Waals surface area (Å²) in [6.45, 7) is 1.59. The third kappa shape index (κ3) is 2.34. The van der Waals surface area contributed by atoms with Gasteiger partial charge in [0, 0.05) is 11.3 Å². The summed E-state index contributed by atoms with van der Waals surface area (Å²) in [5.74, 6) is -2.41. The lowest BCUT2D eigenvalue weighted by Crippen LogP contribution is -2.02. The fourth-order valence-electron chi connectivity index (χ4n) is 1.65. The van der Waals surface area contributed by atoms with E-state index in [0.29, 0.717) is 5.69 Å². The maximum atomic E-state index is 13.6. The van der Waals surface area contributed by atoms with E-state index in [1.165, 1.54) is 12.1 Å². The zero-order valence-corrected chi connectivity index (χ0v) is 9.45. The predicted molar refractivity (Wildman–Crippen MR) is 61.3 cm³/mol. The van der Waals surface area contributed by atoms with E-state index in [9.17, 15) is 13.6 Å². The molecule has 2 aromatic rings. The predicted octanol–water partition coefficient (Wildman–Crippen LogP) is 3.03. The number of pyridine rings is 1. The molecular formula is C13H9F2NO2. The van der Waals surface area contributed by atoms with Crippen molar-refractivity contribution in [3.8, 4) is 11.1 Å². The van der Waals surface area contributed by atoms with E-state index in [2.05, 4.69) is 4.98 Å². The van der Waals surface area contributed by atoms with Gasteiger partial charge >= 0.3 is 5.97 Å². The monoisotopic (exact) mass is 249 g/mol. The Morgan fingerprint density at radius 3 is 2.61 bits per heavy atom. The molecule has 1 aromatic carbocycles. The van der Waals surface area contributed by atoms with Gasteiger partial charge < -0.3 is 5.11 Å². The molecule has 18 heavy (non-hydrogen) atoms. The van der Waals surface area contributed by atoms with Gasteiger partial charge in [-0.05, 0) is 42.8 Å². The molecule has 1 N–H and O–H groups in total. The summed E-state index contributed by atoms with van der Waals surface area (Å²) in [4.78, 5) is 14.7. The molecular weight excluding hydrogens is 240 g/mol. The summed E-state index contributed by atoms with van der Waals surface area (Å²) >= 11 is 0. The molecule has 0 aliphatic heterocycles. The molecule has 3 nitrogen and oxygen atoms in total. The van der Waals surface area contributed by atoms with E-state index in [0.717, 1.165) is 18.2 Å². The number of hydrogen-bond acceptors (Lipinski definition) is 2. The lowest BCUT2D eigenvalue weighted by molar-refractivity contribution is 0.0690. The number of carboxylic acid groups (broad SMARTS) is 1. The average Bonchev–Trinajstić information content (AvgIpc) is 2.31. The third-order valence-corrected chi connectivity index (χ3v) is 2.41. The standard InChI is InChI=1S/C13H9F2NO2/c1-7-4-8(5-12(16-7)13(17)18)10-6-9(14)2-3-11(10)15/h2-6H,1H3,(H,17,18). The molecule has 92 valence electrons. The van der Waals surface area contributed by atoms with Crippen molar-refractivity contribution >= 4 is 5.97 Å². The number of hydrogen-bond donors (Lipinski definition) is 1. The number of aromatic nitrogens is 1. The van der Waals surface area contributed by atoms with E-state index < -0.39 is 17.6 Å². The summed E-state index contributed by atoms with van der Waals surface area (Å²) in [7, 11) is 0. The molecule has 2 rings (SSSR count). The lowest BCUT2D eigenvalue weighted by atomic mass is 10.0. The van der Waals surface area contributed by atoms with Gasteiger partial charge in [-0.1, -0.05) is 0 Å². The number of rotatable bonds is 2. The van der Waals surface area contributed by atoms with Crippen LogP contribution < -0.4 is 0 Å². The van der Waals surface area contributed by atoms with Crippen LogP contribution in [0.3, 0.4) is 0 Å². The van der Waals surface area contributed by atoms with E-state index in [1.807, 2.05) is 0 Å². The van der Waals surface area contributed by atoms with Gasteiger partial charge in [-0.2, -0.15) is 0 Å². The molecule has 0 aliphatic rings. The Kier molecular flexibility index (Phi) is 3.06. The minimum absolute atomic E-state index is 0.0167. The van der Waals surface area contributed by atoms with Crippen molar-refractivity contribution in [3.63, 3.8) is 0 Å². The average molecular weight is 249 g/mol. The van der Waals surface area contributed by atoms with Crippen molar-refractivity contribution < 1.29 is 18.7 Å². The number of aryl methyl sites for hydroxylation is 1. The zero-order chi connectivity index (χ0) is 13.3. The molecule has 0 spiro atoms. The van der Waals surface area contributed by atoms with Gasteiger partial charge in [-0.25, -0.2) is 18.6 Å². The number of carbonyl (C=O) groups is 1. The number of halogens is 2. The Bertz CT molecular complexity index is 626. The minimum Gasteiger partial charge on any atom is -0.477 e. The molecule has 0 bridgehead atoms. The highest BCUT2D eigenvalue weighted by atomic mass is 19.1. The number of aromatic carboxylic acids is 1. The molecule has 0 saturated heterocycles. The molecule has 0 saturated carbocycles. The summed E-state index contributed by atoms with van der Waals surface area (Å²) in [6, 6.07) is 5.75. The Morgan fingerprint density at radius 1 is 1.22 bits per heavy atom. The molecule has 0 radical (unpaired) electrons. The molecule has 0 amide bonds. The van der Waals surface area contributed by atoms with Crippen LogP contribution in [0.4, 0.5) is 8.78 Å². The van der Waals surface area contributed by atoms with Crippen LogP contribution in [0.25, 0.3) is 11.1 Å². The largest absolute Gasteiger partial charge is 0.477 e. The van der Waals surface area contributed by atoms with Gasteiger partial charge in [0.1, 0.15) is 17.3 Å². The molecule has 5 heteroatoms. The van der Waals surface area contributed by atoms with Crippen LogP contribution in [0.15, 0.2) is 30.3 Å². The van der Waals surface area contributed by atoms with Crippen LogP contribution in [0.2, 0.25) is 0 Å². The van der Waals surface area contributed by atoms with Crippen molar-refractivity contribution in [2.45, 2.75) is 6.92 Å². The highest BCUT2D eigenvalue weighted by Crippen LogP contribution is 2.24. The Balaban J connectivity index is 2.63. The quantitative estimate of drug-likeness (QED) is 0.889. The van der Waals surface area contributed by atoms with Crippen LogP contribution in [0.5, 0.6) is 0 Å². The summed E-state index contributed by atoms with van der Waals surface area (Å²) < 4.78 is 26.7. The molecule has 1 heterocycles. The van der Waals surface area contributed by atoms with E-state index in [4.69, 9.17) is 5.11 Å². The Hall–Kier alpha value is -2.30. The maximum absolute atomic E-state index is 13.6. The summed E-state index contributed by atoms with van der Waals surface area (Å²) in [6.07, 6.45) is 0. The van der Waals surface area contributed by atoms with Crippen LogP contribution in [-0.4, -0.2) is 16.1 Å². The lowest BCUT2D eigenvalue weighted by Gasteiger charge is -2.06. The maximum Gasteiger partial charge on any atom is 0.354 e. The van der Waals surface area contributed by atoms with Crippen molar-refractivity contribution in [1.82, 2.24) is 4.98 Å². The first-order chi connectivity index (χ1) is 8.47. The van der Waals surface area contributed by atoms with Crippen LogP contribution >= 0.6 is 0 Å². The van der Waals surface area contributed by atoms with Gasteiger partial charge in [0.15, 0.2) is 0 Å². The van der Waals surface area contributed by atoms with Crippen LogP contribution in [0, 0.1) is 18.6 Å². The third-order valence-electron chi connectivity index (χ3n) is 2.41. The summed E-state index contributed by atoms with van der Waals surface area (Å²) in [5.41, 5.74) is 0.530. The van der Waals surface area contributed by atoms with Crippen molar-refractivity contribution in [1.29, 1.82) is 0 Å². The SMILES string of the molecule is Cc1cc(-c2cc(F)ccc2F)cc(C(=O)O)n1. The van der Waals surface area contributed by atoms with E-state index >= 15 is 0 Å². The number of benzene rings is 1. The first kappa shape index (κ1) is 12.2. The zero-order valence-electron chi connectivity index (χ0n) is 9.45. The molecule has 0 aliphatic carbocycles. The van der Waals surface area contributed by atoms with Crippen LogP contribution in [-0.2, 0) is 0 Å². The molecule has 1 aromatic heterocycles. The second kappa shape index (κ2) is 4.52. The van der Waals surface area contributed by atoms with Gasteiger partial charge in [-0.15, -0.1) is 0 Å². The topological polar surface area (TPSA) is 50.2 Å². The first-order valence-corrected chi connectivity index (χ1v) is 5.15. The Labute approximate surface area is 102 Å². The fourth-order valence-corrected chi connectivity index (χ4v) is 1.65. The van der Waals surface area contributed by atoms with Gasteiger partial charge in [0.05, 0.1) is 0 Å². The highest BCUT2D eigenvalue weighted by molar-refractivity contribution is 5.87. The Morgan fingerprint density at radius 2 is 1.94 bits per heavy atom. The number of carboxylic acids is 1. The molecule has 0 fully saturated rings. The second-order valence-electron chi connectivity index (χ2n) is 3.81. The minimum atomic E-state index is -1.21. The van der Waals surface area contributed by atoms with Crippen molar-refractivity contribution in [2.75, 3.05) is 0 Å². The first-order valence-electron chi connectivity index (χ1n) is 5.15. The van der Waals surface area contributed by atoms with Crippen molar-refractivity contribution in [3.05, 3.63) is 53.4 Å². The smallest absolute Gasteiger partial charge is 0.354 e. The van der Waals surface area contributed by atoms with Crippen LogP contribution in [0.1, 0.15) is 16.2 Å².